The van der Waals surface area contributed by atoms with Crippen molar-refractivity contribution < 1.29 is 4.79 Å². The van der Waals surface area contributed by atoms with Crippen molar-refractivity contribution in [2.45, 2.75) is 57.8 Å². The normalized spacial score (nSPS) is 44.5. The van der Waals surface area contributed by atoms with E-state index in [2.05, 4.69) is 4.90 Å². The van der Waals surface area contributed by atoms with E-state index in [0.717, 1.165) is 49.6 Å². The third kappa shape index (κ3) is 2.73. The summed E-state index contributed by atoms with van der Waals surface area (Å²) in [6.45, 7) is 1.95. The number of halogens is 1. The van der Waals surface area contributed by atoms with E-state index < -0.39 is 0 Å². The van der Waals surface area contributed by atoms with Crippen molar-refractivity contribution in [3.05, 3.63) is 0 Å². The first-order chi connectivity index (χ1) is 10.2. The molecule has 3 heteroatoms. The van der Waals surface area contributed by atoms with Crippen LogP contribution in [0.5, 0.6) is 0 Å². The van der Waals surface area contributed by atoms with Gasteiger partial charge in [0.25, 0.3) is 0 Å². The van der Waals surface area contributed by atoms with Crippen LogP contribution in [0.4, 0.5) is 0 Å². The Morgan fingerprint density at radius 1 is 1.10 bits per heavy atom. The van der Waals surface area contributed by atoms with Crippen molar-refractivity contribution in [2.75, 3.05) is 19.0 Å². The lowest BCUT2D eigenvalue weighted by Crippen LogP contribution is -2.48. The molecule has 0 N–H and O–H groups in total. The zero-order valence-corrected chi connectivity index (χ0v) is 13.8. The maximum atomic E-state index is 12.8. The molecule has 5 fully saturated rings. The number of nitrogens with zero attached hydrogens (tertiary/aromatic N) is 1. The number of rotatable bonds is 4. The molecule has 5 rings (SSSR count). The fourth-order valence-electron chi connectivity index (χ4n) is 6.39. The Bertz CT molecular complexity index is 386. The Kier molecular flexibility index (Phi) is 3.72. The Balaban J connectivity index is 1.39. The largest absolute Gasteiger partial charge is 0.342 e. The van der Waals surface area contributed by atoms with E-state index in [1.54, 1.807) is 0 Å². The van der Waals surface area contributed by atoms with Gasteiger partial charge in [-0.05, 0) is 80.5 Å². The van der Waals surface area contributed by atoms with Gasteiger partial charge in [-0.15, -0.1) is 11.6 Å². The summed E-state index contributed by atoms with van der Waals surface area (Å²) in [6, 6.07) is 0. The van der Waals surface area contributed by atoms with Crippen molar-refractivity contribution in [1.29, 1.82) is 0 Å². The molecule has 1 heterocycles. The van der Waals surface area contributed by atoms with Gasteiger partial charge in [-0.1, -0.05) is 0 Å². The summed E-state index contributed by atoms with van der Waals surface area (Å²) in [6.07, 6.45) is 11.5. The number of hydrogen-bond donors (Lipinski definition) is 0. The molecular formula is C18H28ClNO. The number of carbonyl (C=O) groups excluding carboxylic acids is 1. The predicted molar refractivity (Wildman–Crippen MR) is 85.2 cm³/mol. The molecule has 4 saturated carbocycles. The Morgan fingerprint density at radius 3 is 2.29 bits per heavy atom. The van der Waals surface area contributed by atoms with Gasteiger partial charge in [0, 0.05) is 25.4 Å². The Hall–Kier alpha value is -0.240. The van der Waals surface area contributed by atoms with Crippen LogP contribution >= 0.6 is 11.6 Å². The third-order valence-corrected chi connectivity index (χ3v) is 7.07. The molecule has 0 radical (unpaired) electrons. The smallest absolute Gasteiger partial charge is 0.223 e. The van der Waals surface area contributed by atoms with Crippen molar-refractivity contribution in [3.63, 3.8) is 0 Å². The zero-order valence-electron chi connectivity index (χ0n) is 13.0. The standard InChI is InChI=1S/C18H28ClNO/c19-3-1-13-2-4-20(12-13)17(21)11-18-8-14-5-15(9-18)7-16(6-14)10-18/h13-16H,1-12H2. The molecular weight excluding hydrogens is 282 g/mol. The minimum absolute atomic E-state index is 0.399. The van der Waals surface area contributed by atoms with Crippen LogP contribution in [-0.2, 0) is 4.79 Å². The second-order valence-electron chi connectivity index (χ2n) is 8.57. The monoisotopic (exact) mass is 309 g/mol. The van der Waals surface area contributed by atoms with Gasteiger partial charge >= 0.3 is 0 Å². The number of alkyl halides is 1. The summed E-state index contributed by atoms with van der Waals surface area (Å²) in [5, 5.41) is 0. The Labute approximate surface area is 133 Å². The molecule has 4 bridgehead atoms. The molecule has 1 atom stereocenters. The summed E-state index contributed by atoms with van der Waals surface area (Å²) in [4.78, 5) is 14.9. The van der Waals surface area contributed by atoms with Crippen LogP contribution < -0.4 is 0 Å². The van der Waals surface area contributed by atoms with E-state index in [1.807, 2.05) is 0 Å². The molecule has 0 spiro atoms. The number of hydrogen-bond acceptors (Lipinski definition) is 1. The summed E-state index contributed by atoms with van der Waals surface area (Å²) < 4.78 is 0. The second-order valence-corrected chi connectivity index (χ2v) is 8.94. The first-order valence-corrected chi connectivity index (χ1v) is 9.53. The molecule has 1 unspecified atom stereocenters. The van der Waals surface area contributed by atoms with E-state index in [-0.39, 0.29) is 0 Å². The predicted octanol–water partition coefficient (Wildman–Crippen LogP) is 4.07. The van der Waals surface area contributed by atoms with Crippen LogP contribution in [0.15, 0.2) is 0 Å². The summed E-state index contributed by atoms with van der Waals surface area (Å²) in [7, 11) is 0. The lowest BCUT2D eigenvalue weighted by atomic mass is 9.49. The molecule has 1 aliphatic heterocycles. The van der Waals surface area contributed by atoms with Crippen LogP contribution in [-0.4, -0.2) is 29.8 Å². The topological polar surface area (TPSA) is 20.3 Å². The van der Waals surface area contributed by atoms with Crippen molar-refractivity contribution in [1.82, 2.24) is 4.90 Å². The SMILES string of the molecule is O=C(CC12CC3CC(CC(C3)C1)C2)N1CCC(CCCl)C1. The maximum Gasteiger partial charge on any atom is 0.223 e. The van der Waals surface area contributed by atoms with E-state index in [0.29, 0.717) is 17.2 Å². The van der Waals surface area contributed by atoms with Crippen LogP contribution in [0, 0.1) is 29.1 Å². The molecule has 118 valence electrons. The van der Waals surface area contributed by atoms with Crippen LogP contribution in [0.3, 0.4) is 0 Å². The molecule has 1 saturated heterocycles. The van der Waals surface area contributed by atoms with Gasteiger partial charge in [0.1, 0.15) is 0 Å². The average molecular weight is 310 g/mol. The van der Waals surface area contributed by atoms with Crippen molar-refractivity contribution in [3.8, 4) is 0 Å². The molecule has 0 aromatic carbocycles. The highest BCUT2D eigenvalue weighted by Crippen LogP contribution is 2.61. The molecule has 21 heavy (non-hydrogen) atoms. The van der Waals surface area contributed by atoms with Crippen molar-refractivity contribution >= 4 is 17.5 Å². The van der Waals surface area contributed by atoms with Crippen LogP contribution in [0.25, 0.3) is 0 Å². The highest BCUT2D eigenvalue weighted by atomic mass is 35.5. The van der Waals surface area contributed by atoms with E-state index in [9.17, 15) is 4.79 Å². The third-order valence-electron chi connectivity index (χ3n) is 6.85. The zero-order chi connectivity index (χ0) is 14.4. The highest BCUT2D eigenvalue weighted by Gasteiger charge is 2.51. The van der Waals surface area contributed by atoms with Crippen molar-refractivity contribution in [2.24, 2.45) is 29.1 Å². The fraction of sp³-hybridized carbons (Fsp3) is 0.944. The fourth-order valence-corrected chi connectivity index (χ4v) is 6.70. The van der Waals surface area contributed by atoms with Gasteiger partial charge in [0.2, 0.25) is 5.91 Å². The minimum Gasteiger partial charge on any atom is -0.342 e. The molecule has 1 amide bonds. The molecule has 0 aromatic heterocycles. The van der Waals surface area contributed by atoms with Crippen LogP contribution in [0.1, 0.15) is 57.8 Å². The molecule has 2 nitrogen and oxygen atoms in total. The van der Waals surface area contributed by atoms with Gasteiger partial charge in [0.05, 0.1) is 0 Å². The van der Waals surface area contributed by atoms with Gasteiger partial charge in [-0.2, -0.15) is 0 Å². The van der Waals surface area contributed by atoms with Gasteiger partial charge in [-0.3, -0.25) is 4.79 Å². The first kappa shape index (κ1) is 14.4. The second kappa shape index (κ2) is 5.44. The van der Waals surface area contributed by atoms with E-state index in [1.165, 1.54) is 44.9 Å². The van der Waals surface area contributed by atoms with Gasteiger partial charge in [-0.25, -0.2) is 0 Å². The van der Waals surface area contributed by atoms with Gasteiger partial charge in [0.15, 0.2) is 0 Å². The lowest BCUT2D eigenvalue weighted by molar-refractivity contribution is -0.138. The summed E-state index contributed by atoms with van der Waals surface area (Å²) >= 11 is 5.85. The molecule has 0 aromatic rings. The van der Waals surface area contributed by atoms with Crippen LogP contribution in [0.2, 0.25) is 0 Å². The van der Waals surface area contributed by atoms with E-state index >= 15 is 0 Å². The highest BCUT2D eigenvalue weighted by molar-refractivity contribution is 6.17. The maximum absolute atomic E-state index is 12.8. The minimum atomic E-state index is 0.399. The first-order valence-electron chi connectivity index (χ1n) is 8.99. The number of amides is 1. The lowest BCUT2D eigenvalue weighted by Gasteiger charge is -2.56. The molecule has 4 aliphatic carbocycles. The average Bonchev–Trinajstić information content (AvgIpc) is 2.85. The molecule has 5 aliphatic rings. The van der Waals surface area contributed by atoms with E-state index in [4.69, 9.17) is 11.6 Å². The number of likely N-dealkylation sites (tertiary alicyclic amines) is 1. The summed E-state index contributed by atoms with van der Waals surface area (Å²) in [5.41, 5.74) is 0.399. The quantitative estimate of drug-likeness (QED) is 0.717. The number of carbonyl (C=O) groups is 1. The Morgan fingerprint density at radius 2 is 1.71 bits per heavy atom. The summed E-state index contributed by atoms with van der Waals surface area (Å²) in [5.74, 6) is 4.70. The van der Waals surface area contributed by atoms with Gasteiger partial charge < -0.3 is 4.90 Å².